The van der Waals surface area contributed by atoms with Crippen LogP contribution >= 0.6 is 0 Å². The summed E-state index contributed by atoms with van der Waals surface area (Å²) >= 11 is 0. The van der Waals surface area contributed by atoms with Gasteiger partial charge in [0.1, 0.15) is 0 Å². The molecule has 0 bridgehead atoms. The summed E-state index contributed by atoms with van der Waals surface area (Å²) in [5, 5.41) is 0. The summed E-state index contributed by atoms with van der Waals surface area (Å²) in [6.45, 7) is 3.93. The zero-order chi connectivity index (χ0) is 11.4. The van der Waals surface area contributed by atoms with Crippen LogP contribution in [0.25, 0.3) is 0 Å². The van der Waals surface area contributed by atoms with E-state index < -0.39 is 0 Å². The highest BCUT2D eigenvalue weighted by Gasteiger charge is 2.29. The fourth-order valence-electron chi connectivity index (χ4n) is 2.62. The Morgan fingerprint density at radius 2 is 2.12 bits per heavy atom. The normalized spacial score (nSPS) is 24.2. The lowest BCUT2D eigenvalue weighted by Crippen LogP contribution is -2.36. The average molecular weight is 219 g/mol. The molecule has 1 aromatic carbocycles. The number of rotatable bonds is 4. The summed E-state index contributed by atoms with van der Waals surface area (Å²) in [5.41, 5.74) is 7.75. The molecule has 0 spiro atoms. The molecule has 1 aliphatic rings. The first-order valence-electron chi connectivity index (χ1n) is 6.21. The Morgan fingerprint density at radius 1 is 1.38 bits per heavy atom. The summed E-state index contributed by atoms with van der Waals surface area (Å²) in [5.74, 6) is 0.998. The second-order valence-corrected chi connectivity index (χ2v) is 4.63. The van der Waals surface area contributed by atoms with E-state index in [0.29, 0.717) is 11.8 Å². The largest absolute Gasteiger partial charge is 0.381 e. The second kappa shape index (κ2) is 5.46. The Hall–Kier alpha value is -0.860. The molecule has 1 saturated heterocycles. The first kappa shape index (κ1) is 11.6. The molecule has 0 aliphatic carbocycles. The van der Waals surface area contributed by atoms with Crippen LogP contribution in [0.5, 0.6) is 0 Å². The van der Waals surface area contributed by atoms with Gasteiger partial charge in [0.15, 0.2) is 0 Å². The van der Waals surface area contributed by atoms with Crippen molar-refractivity contribution in [2.45, 2.75) is 31.7 Å². The molecule has 3 unspecified atom stereocenters. The fourth-order valence-corrected chi connectivity index (χ4v) is 2.62. The van der Waals surface area contributed by atoms with Gasteiger partial charge >= 0.3 is 0 Å². The molecule has 1 aliphatic heterocycles. The van der Waals surface area contributed by atoms with Gasteiger partial charge < -0.3 is 10.5 Å². The number of benzene rings is 1. The van der Waals surface area contributed by atoms with Crippen molar-refractivity contribution >= 4 is 0 Å². The molecule has 3 atom stereocenters. The maximum Gasteiger partial charge on any atom is 0.0510 e. The lowest BCUT2D eigenvalue weighted by Gasteiger charge is -2.27. The Bertz CT molecular complexity index is 306. The SMILES string of the molecule is CCC(c1ccccc1)C(N)C1CCOC1. The Labute approximate surface area is 97.8 Å². The zero-order valence-electron chi connectivity index (χ0n) is 9.93. The topological polar surface area (TPSA) is 35.2 Å². The number of nitrogens with two attached hydrogens (primary N) is 1. The molecular formula is C14H21NO. The number of hydrogen-bond acceptors (Lipinski definition) is 2. The van der Waals surface area contributed by atoms with Crippen molar-refractivity contribution in [3.8, 4) is 0 Å². The van der Waals surface area contributed by atoms with Crippen molar-refractivity contribution in [2.75, 3.05) is 13.2 Å². The van der Waals surface area contributed by atoms with Gasteiger partial charge in [-0.05, 0) is 24.3 Å². The highest BCUT2D eigenvalue weighted by molar-refractivity contribution is 5.21. The minimum Gasteiger partial charge on any atom is -0.381 e. The molecule has 0 aromatic heterocycles. The van der Waals surface area contributed by atoms with E-state index in [1.165, 1.54) is 5.56 Å². The van der Waals surface area contributed by atoms with Gasteiger partial charge in [-0.25, -0.2) is 0 Å². The molecule has 0 amide bonds. The summed E-state index contributed by atoms with van der Waals surface area (Å²) in [4.78, 5) is 0. The monoisotopic (exact) mass is 219 g/mol. The lowest BCUT2D eigenvalue weighted by atomic mass is 9.82. The minimum absolute atomic E-state index is 0.231. The molecule has 2 nitrogen and oxygen atoms in total. The van der Waals surface area contributed by atoms with Crippen LogP contribution in [-0.4, -0.2) is 19.3 Å². The molecule has 2 N–H and O–H groups in total. The van der Waals surface area contributed by atoms with E-state index in [4.69, 9.17) is 10.5 Å². The molecule has 0 radical (unpaired) electrons. The van der Waals surface area contributed by atoms with E-state index >= 15 is 0 Å². The molecule has 1 heterocycles. The predicted molar refractivity (Wildman–Crippen MR) is 66.4 cm³/mol. The van der Waals surface area contributed by atoms with Gasteiger partial charge in [-0.2, -0.15) is 0 Å². The van der Waals surface area contributed by atoms with Gasteiger partial charge in [-0.3, -0.25) is 0 Å². The summed E-state index contributed by atoms with van der Waals surface area (Å²) in [6.07, 6.45) is 2.21. The maximum atomic E-state index is 6.39. The van der Waals surface area contributed by atoms with Crippen LogP contribution in [0.2, 0.25) is 0 Å². The van der Waals surface area contributed by atoms with E-state index in [-0.39, 0.29) is 6.04 Å². The summed E-state index contributed by atoms with van der Waals surface area (Å²) in [7, 11) is 0. The third-order valence-electron chi connectivity index (χ3n) is 3.64. The third-order valence-corrected chi connectivity index (χ3v) is 3.64. The van der Waals surface area contributed by atoms with Crippen LogP contribution in [0.15, 0.2) is 30.3 Å². The molecule has 2 rings (SSSR count). The smallest absolute Gasteiger partial charge is 0.0510 e. The second-order valence-electron chi connectivity index (χ2n) is 4.63. The minimum atomic E-state index is 0.231. The summed E-state index contributed by atoms with van der Waals surface area (Å²) < 4.78 is 5.43. The molecule has 0 saturated carbocycles. The molecule has 88 valence electrons. The van der Waals surface area contributed by atoms with Crippen molar-refractivity contribution in [2.24, 2.45) is 11.7 Å². The van der Waals surface area contributed by atoms with E-state index in [2.05, 4.69) is 37.3 Å². The van der Waals surface area contributed by atoms with Crippen LogP contribution in [0.4, 0.5) is 0 Å². The number of hydrogen-bond donors (Lipinski definition) is 1. The molecule has 1 fully saturated rings. The Morgan fingerprint density at radius 3 is 2.69 bits per heavy atom. The van der Waals surface area contributed by atoms with Crippen LogP contribution in [0.1, 0.15) is 31.2 Å². The van der Waals surface area contributed by atoms with E-state index in [0.717, 1.165) is 26.1 Å². The van der Waals surface area contributed by atoms with Crippen molar-refractivity contribution in [1.29, 1.82) is 0 Å². The maximum absolute atomic E-state index is 6.39. The van der Waals surface area contributed by atoms with Gasteiger partial charge in [0.25, 0.3) is 0 Å². The zero-order valence-corrected chi connectivity index (χ0v) is 9.93. The van der Waals surface area contributed by atoms with E-state index in [1.54, 1.807) is 0 Å². The molecule has 2 heteroatoms. The van der Waals surface area contributed by atoms with Gasteiger partial charge in [-0.1, -0.05) is 37.3 Å². The van der Waals surface area contributed by atoms with Crippen LogP contribution in [-0.2, 0) is 4.74 Å². The third kappa shape index (κ3) is 2.45. The molecule has 16 heavy (non-hydrogen) atoms. The van der Waals surface area contributed by atoms with Crippen molar-refractivity contribution in [3.63, 3.8) is 0 Å². The standard InChI is InChI=1S/C14H21NO/c1-2-13(11-6-4-3-5-7-11)14(15)12-8-9-16-10-12/h3-7,12-14H,2,8-10,15H2,1H3. The van der Waals surface area contributed by atoms with Crippen LogP contribution in [0, 0.1) is 5.92 Å². The highest BCUT2D eigenvalue weighted by atomic mass is 16.5. The van der Waals surface area contributed by atoms with Crippen molar-refractivity contribution in [1.82, 2.24) is 0 Å². The van der Waals surface area contributed by atoms with E-state index in [1.807, 2.05) is 0 Å². The first-order chi connectivity index (χ1) is 7.83. The lowest BCUT2D eigenvalue weighted by molar-refractivity contribution is 0.177. The number of ether oxygens (including phenoxy) is 1. The fraction of sp³-hybridized carbons (Fsp3) is 0.571. The first-order valence-corrected chi connectivity index (χ1v) is 6.21. The van der Waals surface area contributed by atoms with Gasteiger partial charge in [-0.15, -0.1) is 0 Å². The van der Waals surface area contributed by atoms with Crippen molar-refractivity contribution < 1.29 is 4.74 Å². The average Bonchev–Trinajstić information content (AvgIpc) is 2.85. The van der Waals surface area contributed by atoms with Crippen LogP contribution < -0.4 is 5.73 Å². The molecular weight excluding hydrogens is 198 g/mol. The van der Waals surface area contributed by atoms with Gasteiger partial charge in [0, 0.05) is 18.6 Å². The predicted octanol–water partition coefficient (Wildman–Crippen LogP) is 2.54. The Balaban J connectivity index is 2.09. The molecule has 1 aromatic rings. The van der Waals surface area contributed by atoms with E-state index in [9.17, 15) is 0 Å². The summed E-state index contributed by atoms with van der Waals surface area (Å²) in [6, 6.07) is 10.8. The Kier molecular flexibility index (Phi) is 3.97. The quantitative estimate of drug-likeness (QED) is 0.844. The van der Waals surface area contributed by atoms with Crippen LogP contribution in [0.3, 0.4) is 0 Å². The van der Waals surface area contributed by atoms with Gasteiger partial charge in [0.2, 0.25) is 0 Å². The van der Waals surface area contributed by atoms with Gasteiger partial charge in [0.05, 0.1) is 6.61 Å². The van der Waals surface area contributed by atoms with Crippen molar-refractivity contribution in [3.05, 3.63) is 35.9 Å². The highest BCUT2D eigenvalue weighted by Crippen LogP contribution is 2.29.